The van der Waals surface area contributed by atoms with Crippen molar-refractivity contribution in [3.8, 4) is 5.69 Å². The van der Waals surface area contributed by atoms with E-state index in [4.69, 9.17) is 18.3 Å². The Morgan fingerprint density at radius 3 is 1.30 bits per heavy atom. The molecule has 0 fully saturated rings. The number of aromatic nitrogens is 1. The molecule has 0 radical (unpaired) electrons. The van der Waals surface area contributed by atoms with Crippen molar-refractivity contribution in [2.45, 2.75) is 12.2 Å². The van der Waals surface area contributed by atoms with Crippen molar-refractivity contribution in [1.82, 2.24) is 4.57 Å². The van der Waals surface area contributed by atoms with Gasteiger partial charge in [-0.15, -0.1) is 0 Å². The Balaban J connectivity index is 1.09. The first-order valence-corrected chi connectivity index (χ1v) is 24.2. The summed E-state index contributed by atoms with van der Waals surface area (Å²) < 4.78 is 31.8. The lowest BCUT2D eigenvalue weighted by molar-refractivity contribution is 0.161. The molecule has 0 amide bonds. The number of benzene rings is 7. The summed E-state index contributed by atoms with van der Waals surface area (Å²) in [6, 6.07) is 60.5. The first-order valence-electron chi connectivity index (χ1n) is 24.2. The van der Waals surface area contributed by atoms with Gasteiger partial charge in [-0.05, 0) is 65.1 Å². The second-order valence-corrected chi connectivity index (χ2v) is 18.9. The summed E-state index contributed by atoms with van der Waals surface area (Å²) in [6.07, 6.45) is 17.0. The number of furan rings is 2. The molecule has 8 heteroatoms. The molecule has 7 heterocycles. The van der Waals surface area contributed by atoms with Gasteiger partial charge in [0.2, 0.25) is 23.5 Å². The molecule has 0 saturated heterocycles. The molecule has 6 aliphatic rings. The maximum atomic E-state index is 7.39. The van der Waals surface area contributed by atoms with Gasteiger partial charge >= 0.3 is 0 Å². The minimum atomic E-state index is -0.310. The molecule has 0 saturated carbocycles. The van der Waals surface area contributed by atoms with Gasteiger partial charge in [0.05, 0.1) is 28.1 Å². The molecule has 4 aliphatic heterocycles. The Kier molecular flexibility index (Phi) is 7.80. The predicted molar refractivity (Wildman–Crippen MR) is 282 cm³/mol. The second-order valence-electron chi connectivity index (χ2n) is 18.9. The Morgan fingerprint density at radius 1 is 0.400 bits per heavy atom. The Hall–Kier alpha value is -8.88. The average Bonchev–Trinajstić information content (AvgIpc) is 4.25. The number of nitrogens with zero attached hydrogens (tertiary/aromatic N) is 3. The number of hydrogen-bond acceptors (Lipinski definition) is 6. The third-order valence-electron chi connectivity index (χ3n) is 15.3. The van der Waals surface area contributed by atoms with E-state index in [0.29, 0.717) is 0 Å². The summed E-state index contributed by atoms with van der Waals surface area (Å²) in [4.78, 5) is 4.62. The summed E-state index contributed by atoms with van der Waals surface area (Å²) in [5.74, 6) is 2.89. The minimum Gasteiger partial charge on any atom is -0.470 e. The topological polar surface area (TPSA) is 56.2 Å². The van der Waals surface area contributed by atoms with Crippen LogP contribution in [0.25, 0.3) is 60.6 Å². The monoisotopic (exact) mass is 901 g/mol. The summed E-state index contributed by atoms with van der Waals surface area (Å²) in [5, 5.41) is 4.45. The number of anilines is 4. The van der Waals surface area contributed by atoms with Crippen LogP contribution >= 0.6 is 0 Å². The van der Waals surface area contributed by atoms with Crippen LogP contribution in [0.5, 0.6) is 0 Å². The van der Waals surface area contributed by atoms with Gasteiger partial charge in [0.1, 0.15) is 23.4 Å². The Bertz CT molecular complexity index is 3820. The average molecular weight is 902 g/mol. The summed E-state index contributed by atoms with van der Waals surface area (Å²) in [7, 11) is 0. The highest BCUT2D eigenvalue weighted by atomic mass is 16.5. The highest BCUT2D eigenvalue weighted by Gasteiger charge is 2.53. The van der Waals surface area contributed by atoms with Gasteiger partial charge in [0.25, 0.3) is 6.71 Å². The zero-order chi connectivity index (χ0) is 45.6. The van der Waals surface area contributed by atoms with E-state index in [0.717, 1.165) is 112 Å². The van der Waals surface area contributed by atoms with E-state index in [1.54, 1.807) is 0 Å². The van der Waals surface area contributed by atoms with E-state index in [-0.39, 0.29) is 30.8 Å². The molecule has 0 bridgehead atoms. The van der Waals surface area contributed by atoms with Gasteiger partial charge in [0, 0.05) is 55.5 Å². The SMILES string of the molecule is C1=CC2OC(N3c4cc(-n5c6ccccc6c6ccccc65)cc5c4B(c4c3oc3ccccc43)c3c(oc4ccccc34)N5C3=C(c4ccccc4)C4C=CC=CC4O3)=C(c3ccccc3)C2C=C1. The first-order chi connectivity index (χ1) is 34.8. The molecule has 2 aliphatic carbocycles. The lowest BCUT2D eigenvalue weighted by Crippen LogP contribution is -2.61. The van der Waals surface area contributed by atoms with Crippen molar-refractivity contribution in [2.24, 2.45) is 11.8 Å². The van der Waals surface area contributed by atoms with Gasteiger partial charge < -0.3 is 22.9 Å². The Labute approximate surface area is 403 Å². The van der Waals surface area contributed by atoms with Gasteiger partial charge in [-0.25, -0.2) is 0 Å². The van der Waals surface area contributed by atoms with Crippen molar-refractivity contribution in [1.29, 1.82) is 0 Å². The molecule has 3 aromatic heterocycles. The van der Waals surface area contributed by atoms with Crippen LogP contribution < -0.4 is 26.2 Å². The van der Waals surface area contributed by atoms with Crippen molar-refractivity contribution in [3.05, 3.63) is 241 Å². The number of ether oxygens (including phenoxy) is 2. The van der Waals surface area contributed by atoms with Gasteiger partial charge in [-0.2, -0.15) is 0 Å². The summed E-state index contributed by atoms with van der Waals surface area (Å²) in [5.41, 5.74) is 14.4. The fraction of sp³-hybridized carbons (Fsp3) is 0.0645. The van der Waals surface area contributed by atoms with Crippen LogP contribution in [0.3, 0.4) is 0 Å². The van der Waals surface area contributed by atoms with Crippen LogP contribution in [-0.2, 0) is 9.47 Å². The van der Waals surface area contributed by atoms with Crippen LogP contribution in [0.2, 0.25) is 0 Å². The van der Waals surface area contributed by atoms with Gasteiger partial charge in [0.15, 0.2) is 0 Å². The van der Waals surface area contributed by atoms with Crippen LogP contribution in [0.15, 0.2) is 239 Å². The zero-order valence-corrected chi connectivity index (χ0v) is 37.6. The van der Waals surface area contributed by atoms with Crippen molar-refractivity contribution >= 4 is 101 Å². The molecule has 16 rings (SSSR count). The van der Waals surface area contributed by atoms with Crippen molar-refractivity contribution < 1.29 is 18.3 Å². The Morgan fingerprint density at radius 2 is 0.814 bits per heavy atom. The molecule has 0 spiro atoms. The third-order valence-corrected chi connectivity index (χ3v) is 15.3. The van der Waals surface area contributed by atoms with Crippen LogP contribution in [0, 0.1) is 11.8 Å². The van der Waals surface area contributed by atoms with E-state index in [1.807, 2.05) is 0 Å². The molecular formula is C62H40BN3O4. The lowest BCUT2D eigenvalue weighted by Gasteiger charge is -2.41. The molecular weight excluding hydrogens is 862 g/mol. The summed E-state index contributed by atoms with van der Waals surface area (Å²) in [6.45, 7) is -0.310. The third kappa shape index (κ3) is 5.14. The highest BCUT2D eigenvalue weighted by Crippen LogP contribution is 2.53. The lowest BCUT2D eigenvalue weighted by atomic mass is 9.33. The molecule has 4 unspecified atom stereocenters. The van der Waals surface area contributed by atoms with Crippen molar-refractivity contribution in [3.63, 3.8) is 0 Å². The number of para-hydroxylation sites is 4. The van der Waals surface area contributed by atoms with Crippen molar-refractivity contribution in [2.75, 3.05) is 9.80 Å². The molecule has 330 valence electrons. The van der Waals surface area contributed by atoms with E-state index in [2.05, 4.69) is 233 Å². The zero-order valence-electron chi connectivity index (χ0n) is 37.6. The van der Waals surface area contributed by atoms with Gasteiger partial charge in [-0.1, -0.05) is 170 Å². The van der Waals surface area contributed by atoms with Crippen LogP contribution in [0.1, 0.15) is 11.1 Å². The van der Waals surface area contributed by atoms with E-state index in [1.165, 1.54) is 10.8 Å². The van der Waals surface area contributed by atoms with Gasteiger partial charge in [-0.3, -0.25) is 9.80 Å². The quantitative estimate of drug-likeness (QED) is 0.160. The van der Waals surface area contributed by atoms with E-state index in [9.17, 15) is 0 Å². The van der Waals surface area contributed by atoms with E-state index < -0.39 is 0 Å². The maximum Gasteiger partial charge on any atom is 0.262 e. The highest BCUT2D eigenvalue weighted by molar-refractivity contribution is 7.02. The maximum absolute atomic E-state index is 7.39. The fourth-order valence-corrected chi connectivity index (χ4v) is 12.5. The molecule has 4 atom stereocenters. The standard InChI is InChI=1S/C62H40BN3O4/c1-3-19-37(20-4-1)54-42-25-9-15-31-50(42)67-59(54)65-48-35-39(64-46-29-13-7-23-40(46)41-24-8-14-30-47(41)64)36-49-58(48)63(56-44-27-11-17-33-52(44)69-61(56)65)57-45-28-12-18-34-53(45)70-62(57)66(49)60-55(38-21-5-2-6-22-38)43-26-10-16-32-51(43)68-60/h1-36,42-43,50-51H. The number of allylic oxidation sites excluding steroid dienone is 4. The molecule has 7 aromatic carbocycles. The number of rotatable bonds is 5. The van der Waals surface area contributed by atoms with E-state index >= 15 is 0 Å². The largest absolute Gasteiger partial charge is 0.470 e. The van der Waals surface area contributed by atoms with Crippen LogP contribution in [0.4, 0.5) is 23.1 Å². The first kappa shape index (κ1) is 38.1. The second kappa shape index (κ2) is 14.3. The molecule has 70 heavy (non-hydrogen) atoms. The number of fused-ring (bicyclic) bond motifs is 13. The number of hydrogen-bond donors (Lipinski definition) is 0. The fourth-order valence-electron chi connectivity index (χ4n) is 12.5. The summed E-state index contributed by atoms with van der Waals surface area (Å²) >= 11 is 0. The normalized spacial score (nSPS) is 20.4. The van der Waals surface area contributed by atoms with Crippen LogP contribution in [-0.4, -0.2) is 23.5 Å². The smallest absolute Gasteiger partial charge is 0.262 e. The predicted octanol–water partition coefficient (Wildman–Crippen LogP) is 12.7. The molecule has 10 aromatic rings. The molecule has 0 N–H and O–H groups in total. The molecule has 7 nitrogen and oxygen atoms in total. The minimum absolute atomic E-state index is 0.0276.